The molecule has 0 aromatic heterocycles. The fourth-order valence-electron chi connectivity index (χ4n) is 1.67. The third-order valence-corrected chi connectivity index (χ3v) is 5.45. The van der Waals surface area contributed by atoms with E-state index >= 15 is 0 Å². The van der Waals surface area contributed by atoms with Crippen molar-refractivity contribution in [3.8, 4) is 5.75 Å². The van der Waals surface area contributed by atoms with E-state index in [1.165, 1.54) is 30.3 Å². The Morgan fingerprint density at radius 3 is 2.00 bits per heavy atom. The van der Waals surface area contributed by atoms with Crippen LogP contribution in [0.15, 0.2) is 58.3 Å². The van der Waals surface area contributed by atoms with Crippen LogP contribution in [0, 0.1) is 6.92 Å². The number of aryl methyl sites for hydroxylation is 1. The Morgan fingerprint density at radius 2 is 1.48 bits per heavy atom. The predicted molar refractivity (Wildman–Crippen MR) is 78.5 cm³/mol. The van der Waals surface area contributed by atoms with Gasteiger partial charge < -0.3 is 4.18 Å². The first-order valence-electron chi connectivity index (χ1n) is 5.75. The van der Waals surface area contributed by atoms with Gasteiger partial charge in [-0.2, -0.15) is 8.42 Å². The van der Waals surface area contributed by atoms with Crippen molar-refractivity contribution >= 4 is 29.9 Å². The van der Waals surface area contributed by atoms with Gasteiger partial charge in [0.1, 0.15) is 10.6 Å². The van der Waals surface area contributed by atoms with E-state index in [4.69, 9.17) is 14.9 Å². The van der Waals surface area contributed by atoms with E-state index in [9.17, 15) is 16.8 Å². The molecule has 2 aromatic rings. The van der Waals surface area contributed by atoms with Gasteiger partial charge in [0.25, 0.3) is 9.05 Å². The lowest BCUT2D eigenvalue weighted by molar-refractivity contribution is 0.485. The van der Waals surface area contributed by atoms with Gasteiger partial charge in [0.2, 0.25) is 0 Å². The van der Waals surface area contributed by atoms with Gasteiger partial charge >= 0.3 is 10.1 Å². The Bertz CT molecular complexity index is 856. The van der Waals surface area contributed by atoms with Crippen LogP contribution >= 0.6 is 10.7 Å². The van der Waals surface area contributed by atoms with Crippen LogP contribution in [0.5, 0.6) is 5.75 Å². The lowest BCUT2D eigenvalue weighted by atomic mass is 10.2. The fraction of sp³-hybridized carbons (Fsp3) is 0.0769. The quantitative estimate of drug-likeness (QED) is 0.628. The number of rotatable bonds is 4. The first-order valence-corrected chi connectivity index (χ1v) is 9.47. The molecule has 0 spiro atoms. The molecule has 2 rings (SSSR count). The summed E-state index contributed by atoms with van der Waals surface area (Å²) in [5.74, 6) is 0.00215. The highest BCUT2D eigenvalue weighted by Gasteiger charge is 2.19. The number of hydrogen-bond donors (Lipinski definition) is 0. The SMILES string of the molecule is Cc1ccccc1S(=O)(=O)Oc1ccc(S(=O)(=O)Cl)cc1. The molecule has 0 aliphatic carbocycles. The lowest BCUT2D eigenvalue weighted by Crippen LogP contribution is -2.11. The van der Waals surface area contributed by atoms with E-state index in [2.05, 4.69) is 0 Å². The third kappa shape index (κ3) is 3.75. The van der Waals surface area contributed by atoms with Crippen molar-refractivity contribution < 1.29 is 21.0 Å². The number of halogens is 1. The van der Waals surface area contributed by atoms with Gasteiger partial charge in [0, 0.05) is 10.7 Å². The standard InChI is InChI=1S/C13H11ClO5S2/c1-10-4-2-3-5-13(10)21(17,18)19-11-6-8-12(9-7-11)20(14,15)16/h2-9H,1H3. The largest absolute Gasteiger partial charge is 0.379 e. The van der Waals surface area contributed by atoms with E-state index in [0.29, 0.717) is 5.56 Å². The summed E-state index contributed by atoms with van der Waals surface area (Å²) in [5.41, 5.74) is 0.553. The molecule has 0 fully saturated rings. The Labute approximate surface area is 127 Å². The molecule has 0 aliphatic heterocycles. The second kappa shape index (κ2) is 5.67. The Balaban J connectivity index is 2.32. The maximum absolute atomic E-state index is 12.1. The van der Waals surface area contributed by atoms with Crippen LogP contribution in [0.3, 0.4) is 0 Å². The first-order chi connectivity index (χ1) is 9.70. The maximum Gasteiger partial charge on any atom is 0.339 e. The van der Waals surface area contributed by atoms with Crippen molar-refractivity contribution in [3.63, 3.8) is 0 Å². The van der Waals surface area contributed by atoms with E-state index in [1.54, 1.807) is 25.1 Å². The molecular weight excluding hydrogens is 336 g/mol. The molecule has 112 valence electrons. The molecular formula is C13H11ClO5S2. The van der Waals surface area contributed by atoms with Crippen molar-refractivity contribution in [1.29, 1.82) is 0 Å². The smallest absolute Gasteiger partial charge is 0.339 e. The summed E-state index contributed by atoms with van der Waals surface area (Å²) >= 11 is 0. The molecule has 0 saturated carbocycles. The monoisotopic (exact) mass is 346 g/mol. The molecule has 8 heteroatoms. The average Bonchev–Trinajstić information content (AvgIpc) is 2.38. The molecule has 0 amide bonds. The molecule has 0 atom stereocenters. The van der Waals surface area contributed by atoms with Gasteiger partial charge in [0.05, 0.1) is 4.90 Å². The highest BCUT2D eigenvalue weighted by atomic mass is 35.7. The summed E-state index contributed by atoms with van der Waals surface area (Å²) in [6, 6.07) is 11.2. The first kappa shape index (κ1) is 15.8. The minimum atomic E-state index is -3.97. The minimum Gasteiger partial charge on any atom is -0.379 e. The summed E-state index contributed by atoms with van der Waals surface area (Å²) in [7, 11) is -2.66. The van der Waals surface area contributed by atoms with E-state index in [1.807, 2.05) is 0 Å². The summed E-state index contributed by atoms with van der Waals surface area (Å²) < 4.78 is 51.4. The second-order valence-electron chi connectivity index (χ2n) is 4.21. The van der Waals surface area contributed by atoms with Crippen molar-refractivity contribution in [2.45, 2.75) is 16.7 Å². The van der Waals surface area contributed by atoms with E-state index in [-0.39, 0.29) is 15.5 Å². The summed E-state index contributed by atoms with van der Waals surface area (Å²) in [5, 5.41) is 0. The fourth-order valence-corrected chi connectivity index (χ4v) is 3.60. The van der Waals surface area contributed by atoms with Crippen molar-refractivity contribution in [3.05, 3.63) is 54.1 Å². The van der Waals surface area contributed by atoms with Crippen LogP contribution in [0.4, 0.5) is 0 Å². The topological polar surface area (TPSA) is 77.5 Å². The molecule has 0 heterocycles. The molecule has 0 radical (unpaired) electrons. The summed E-state index contributed by atoms with van der Waals surface area (Å²) in [4.78, 5) is -0.0798. The molecule has 21 heavy (non-hydrogen) atoms. The summed E-state index contributed by atoms with van der Waals surface area (Å²) in [6.45, 7) is 1.65. The Hall–Kier alpha value is -1.57. The number of hydrogen-bond acceptors (Lipinski definition) is 5. The third-order valence-electron chi connectivity index (χ3n) is 2.67. The van der Waals surface area contributed by atoms with Gasteiger partial charge in [-0.3, -0.25) is 0 Å². The molecule has 0 bridgehead atoms. The van der Waals surface area contributed by atoms with Crippen LogP contribution in [0.25, 0.3) is 0 Å². The Kier molecular flexibility index (Phi) is 4.27. The number of benzene rings is 2. The van der Waals surface area contributed by atoms with Crippen LogP contribution in [0.1, 0.15) is 5.56 Å². The van der Waals surface area contributed by atoms with Gasteiger partial charge in [-0.1, -0.05) is 18.2 Å². The highest BCUT2D eigenvalue weighted by Crippen LogP contribution is 2.23. The van der Waals surface area contributed by atoms with Gasteiger partial charge in [-0.25, -0.2) is 8.42 Å². The van der Waals surface area contributed by atoms with Gasteiger partial charge in [0.15, 0.2) is 0 Å². The predicted octanol–water partition coefficient (Wildman–Crippen LogP) is 2.69. The normalized spacial score (nSPS) is 12.1. The van der Waals surface area contributed by atoms with E-state index in [0.717, 1.165) is 0 Å². The lowest BCUT2D eigenvalue weighted by Gasteiger charge is -2.09. The Morgan fingerprint density at radius 1 is 0.905 bits per heavy atom. The highest BCUT2D eigenvalue weighted by molar-refractivity contribution is 8.13. The molecule has 5 nitrogen and oxygen atoms in total. The van der Waals surface area contributed by atoms with Gasteiger partial charge in [-0.05, 0) is 42.8 Å². The van der Waals surface area contributed by atoms with Crippen LogP contribution in [-0.4, -0.2) is 16.8 Å². The maximum atomic E-state index is 12.1. The molecule has 0 N–H and O–H groups in total. The minimum absolute atomic E-state index is 0.00215. The van der Waals surface area contributed by atoms with E-state index < -0.39 is 19.2 Å². The van der Waals surface area contributed by atoms with Crippen molar-refractivity contribution in [2.24, 2.45) is 0 Å². The molecule has 0 saturated heterocycles. The van der Waals surface area contributed by atoms with Crippen LogP contribution in [-0.2, 0) is 19.2 Å². The zero-order chi connectivity index (χ0) is 15.7. The molecule has 0 aliphatic rings. The van der Waals surface area contributed by atoms with Crippen molar-refractivity contribution in [2.75, 3.05) is 0 Å². The molecule has 0 unspecified atom stereocenters. The van der Waals surface area contributed by atoms with Crippen LogP contribution < -0.4 is 4.18 Å². The molecule has 2 aromatic carbocycles. The zero-order valence-corrected chi connectivity index (χ0v) is 13.2. The van der Waals surface area contributed by atoms with Crippen molar-refractivity contribution in [1.82, 2.24) is 0 Å². The second-order valence-corrected chi connectivity index (χ2v) is 8.29. The zero-order valence-electron chi connectivity index (χ0n) is 10.9. The van der Waals surface area contributed by atoms with Gasteiger partial charge in [-0.15, -0.1) is 0 Å². The average molecular weight is 347 g/mol. The van der Waals surface area contributed by atoms with Crippen LogP contribution in [0.2, 0.25) is 0 Å². The summed E-state index contributed by atoms with van der Waals surface area (Å²) in [6.07, 6.45) is 0.